The van der Waals surface area contributed by atoms with E-state index in [1.807, 2.05) is 31.2 Å². The Balaban J connectivity index is 1.77. The van der Waals surface area contributed by atoms with Gasteiger partial charge in [-0.1, -0.05) is 29.3 Å². The summed E-state index contributed by atoms with van der Waals surface area (Å²) >= 11 is 12.2. The molecule has 2 N–H and O–H groups in total. The lowest BCUT2D eigenvalue weighted by atomic mass is 10.3. The van der Waals surface area contributed by atoms with Gasteiger partial charge in [-0.15, -0.1) is 0 Å². The minimum Gasteiger partial charge on any atom is -0.349 e. The number of nitrogens with zero attached hydrogens (tertiary/aromatic N) is 3. The minimum absolute atomic E-state index is 0.515. The Hall–Kier alpha value is -2.37. The second kappa shape index (κ2) is 7.47. The molecule has 0 spiro atoms. The van der Waals surface area contributed by atoms with Crippen LogP contribution in [0.15, 0.2) is 48.7 Å². The Kier molecular flexibility index (Phi) is 5.13. The molecule has 2 heterocycles. The topological polar surface area (TPSA) is 62.7 Å². The first-order valence-corrected chi connectivity index (χ1v) is 8.07. The molecule has 3 aromatic rings. The Labute approximate surface area is 150 Å². The van der Waals surface area contributed by atoms with E-state index < -0.39 is 0 Å². The van der Waals surface area contributed by atoms with Crippen LogP contribution in [-0.2, 0) is 6.54 Å². The van der Waals surface area contributed by atoms with E-state index in [-0.39, 0.29) is 0 Å². The summed E-state index contributed by atoms with van der Waals surface area (Å²) in [5.74, 6) is 1.15. The summed E-state index contributed by atoms with van der Waals surface area (Å²) < 4.78 is 0. The second-order valence-electron chi connectivity index (χ2n) is 5.14. The van der Waals surface area contributed by atoms with Crippen LogP contribution in [0.25, 0.3) is 0 Å². The van der Waals surface area contributed by atoms with E-state index in [0.29, 0.717) is 34.0 Å². The summed E-state index contributed by atoms with van der Waals surface area (Å²) in [7, 11) is 0. The maximum atomic E-state index is 6.18. The molecule has 0 fully saturated rings. The SMILES string of the molecule is Cc1cc(Nc2cc(Cl)ccc2Cl)nc(NCc2ccccn2)n1. The van der Waals surface area contributed by atoms with Crippen molar-refractivity contribution >= 4 is 40.7 Å². The number of benzene rings is 1. The van der Waals surface area contributed by atoms with Crippen LogP contribution in [0.5, 0.6) is 0 Å². The molecule has 122 valence electrons. The van der Waals surface area contributed by atoms with E-state index in [0.717, 1.165) is 11.4 Å². The molecular weight excluding hydrogens is 345 g/mol. The molecule has 24 heavy (non-hydrogen) atoms. The quantitative estimate of drug-likeness (QED) is 0.682. The number of aromatic nitrogens is 3. The van der Waals surface area contributed by atoms with Gasteiger partial charge < -0.3 is 10.6 Å². The molecule has 5 nitrogen and oxygen atoms in total. The smallest absolute Gasteiger partial charge is 0.225 e. The fourth-order valence-electron chi connectivity index (χ4n) is 2.12. The van der Waals surface area contributed by atoms with Crippen molar-refractivity contribution in [3.63, 3.8) is 0 Å². The van der Waals surface area contributed by atoms with Gasteiger partial charge in [0, 0.05) is 23.0 Å². The molecule has 0 saturated carbocycles. The molecule has 0 unspecified atom stereocenters. The van der Waals surface area contributed by atoms with E-state index in [4.69, 9.17) is 23.2 Å². The summed E-state index contributed by atoms with van der Waals surface area (Å²) in [6.07, 6.45) is 1.75. The fourth-order valence-corrected chi connectivity index (χ4v) is 2.45. The predicted octanol–water partition coefficient (Wildman–Crippen LogP) is 4.84. The van der Waals surface area contributed by atoms with Gasteiger partial charge in [0.25, 0.3) is 0 Å². The Bertz CT molecular complexity index is 840. The molecule has 0 bridgehead atoms. The second-order valence-corrected chi connectivity index (χ2v) is 5.99. The first-order chi connectivity index (χ1) is 11.6. The monoisotopic (exact) mass is 359 g/mol. The Morgan fingerprint density at radius 3 is 2.71 bits per heavy atom. The highest BCUT2D eigenvalue weighted by Gasteiger charge is 2.06. The van der Waals surface area contributed by atoms with Gasteiger partial charge in [0.05, 0.1) is 22.9 Å². The van der Waals surface area contributed by atoms with Crippen molar-refractivity contribution in [2.24, 2.45) is 0 Å². The van der Waals surface area contributed by atoms with E-state index in [2.05, 4.69) is 25.6 Å². The largest absolute Gasteiger partial charge is 0.349 e. The molecule has 0 radical (unpaired) electrons. The molecule has 7 heteroatoms. The van der Waals surface area contributed by atoms with Crippen LogP contribution < -0.4 is 10.6 Å². The molecule has 0 saturated heterocycles. The van der Waals surface area contributed by atoms with Crippen LogP contribution in [0, 0.1) is 6.92 Å². The highest BCUT2D eigenvalue weighted by atomic mass is 35.5. The highest BCUT2D eigenvalue weighted by molar-refractivity contribution is 6.35. The van der Waals surface area contributed by atoms with Crippen molar-refractivity contribution in [3.8, 4) is 0 Å². The summed E-state index contributed by atoms with van der Waals surface area (Å²) in [6, 6.07) is 12.8. The van der Waals surface area contributed by atoms with Gasteiger partial charge >= 0.3 is 0 Å². The third-order valence-electron chi connectivity index (χ3n) is 3.20. The molecule has 2 aromatic heterocycles. The number of nitrogens with one attached hydrogen (secondary N) is 2. The third kappa shape index (κ3) is 4.34. The number of halogens is 2. The number of anilines is 3. The van der Waals surface area contributed by atoms with Crippen molar-refractivity contribution in [3.05, 3.63) is 70.1 Å². The van der Waals surface area contributed by atoms with Crippen LogP contribution >= 0.6 is 23.2 Å². The summed E-state index contributed by atoms with van der Waals surface area (Å²) in [5.41, 5.74) is 2.43. The molecule has 0 amide bonds. The van der Waals surface area contributed by atoms with Crippen molar-refractivity contribution in [2.45, 2.75) is 13.5 Å². The van der Waals surface area contributed by atoms with Gasteiger partial charge in [0.1, 0.15) is 5.82 Å². The van der Waals surface area contributed by atoms with Gasteiger partial charge in [0.2, 0.25) is 5.95 Å². The van der Waals surface area contributed by atoms with E-state index in [9.17, 15) is 0 Å². The van der Waals surface area contributed by atoms with Crippen molar-refractivity contribution in [1.82, 2.24) is 15.0 Å². The number of rotatable bonds is 5. The standard InChI is InChI=1S/C17H15Cl2N5/c1-11-8-16(23-15-9-12(18)5-6-14(15)19)24-17(22-11)21-10-13-4-2-3-7-20-13/h2-9H,10H2,1H3,(H2,21,22,23,24). The molecular formula is C17H15Cl2N5. The van der Waals surface area contributed by atoms with Gasteiger partial charge in [0.15, 0.2) is 0 Å². The number of hydrogen-bond acceptors (Lipinski definition) is 5. The summed E-state index contributed by atoms with van der Waals surface area (Å²) in [4.78, 5) is 13.1. The van der Waals surface area contributed by atoms with Crippen LogP contribution in [0.1, 0.15) is 11.4 Å². The van der Waals surface area contributed by atoms with Crippen LogP contribution in [0.4, 0.5) is 17.5 Å². The third-order valence-corrected chi connectivity index (χ3v) is 3.76. The maximum Gasteiger partial charge on any atom is 0.225 e. The lowest BCUT2D eigenvalue weighted by molar-refractivity contribution is 0.991. The van der Waals surface area contributed by atoms with Crippen molar-refractivity contribution in [1.29, 1.82) is 0 Å². The molecule has 0 atom stereocenters. The lowest BCUT2D eigenvalue weighted by Gasteiger charge is -2.11. The lowest BCUT2D eigenvalue weighted by Crippen LogP contribution is -2.07. The van der Waals surface area contributed by atoms with Crippen molar-refractivity contribution < 1.29 is 0 Å². The molecule has 3 rings (SSSR count). The zero-order chi connectivity index (χ0) is 16.9. The predicted molar refractivity (Wildman–Crippen MR) is 98.1 cm³/mol. The summed E-state index contributed by atoms with van der Waals surface area (Å²) in [6.45, 7) is 2.44. The fraction of sp³-hybridized carbons (Fsp3) is 0.118. The minimum atomic E-state index is 0.515. The van der Waals surface area contributed by atoms with E-state index in [1.54, 1.807) is 24.4 Å². The first kappa shape index (κ1) is 16.5. The van der Waals surface area contributed by atoms with Gasteiger partial charge in [-0.05, 0) is 37.3 Å². The number of hydrogen-bond donors (Lipinski definition) is 2. The normalized spacial score (nSPS) is 10.5. The molecule has 1 aromatic carbocycles. The molecule has 0 aliphatic rings. The van der Waals surface area contributed by atoms with Crippen LogP contribution in [0.3, 0.4) is 0 Å². The zero-order valence-corrected chi connectivity index (χ0v) is 14.4. The molecule has 0 aliphatic heterocycles. The first-order valence-electron chi connectivity index (χ1n) is 7.32. The van der Waals surface area contributed by atoms with Crippen molar-refractivity contribution in [2.75, 3.05) is 10.6 Å². The zero-order valence-electron chi connectivity index (χ0n) is 12.9. The van der Waals surface area contributed by atoms with E-state index >= 15 is 0 Å². The van der Waals surface area contributed by atoms with E-state index in [1.165, 1.54) is 0 Å². The Morgan fingerprint density at radius 1 is 1.04 bits per heavy atom. The average molecular weight is 360 g/mol. The number of pyridine rings is 1. The maximum absolute atomic E-state index is 6.18. The van der Waals surface area contributed by atoms with Gasteiger partial charge in [-0.3, -0.25) is 4.98 Å². The van der Waals surface area contributed by atoms with Crippen LogP contribution in [-0.4, -0.2) is 15.0 Å². The average Bonchev–Trinajstić information content (AvgIpc) is 2.57. The van der Waals surface area contributed by atoms with Gasteiger partial charge in [-0.2, -0.15) is 4.98 Å². The van der Waals surface area contributed by atoms with Gasteiger partial charge in [-0.25, -0.2) is 4.98 Å². The highest BCUT2D eigenvalue weighted by Crippen LogP contribution is 2.28. The molecule has 0 aliphatic carbocycles. The van der Waals surface area contributed by atoms with Crippen LogP contribution in [0.2, 0.25) is 10.0 Å². The number of aryl methyl sites for hydroxylation is 1. The summed E-state index contributed by atoms with van der Waals surface area (Å²) in [5, 5.41) is 7.51. The Morgan fingerprint density at radius 2 is 1.92 bits per heavy atom.